The lowest BCUT2D eigenvalue weighted by Gasteiger charge is -2.01. The van der Waals surface area contributed by atoms with E-state index < -0.39 is 0 Å². The smallest absolute Gasteiger partial charge is 0.122 e. The van der Waals surface area contributed by atoms with E-state index in [0.29, 0.717) is 18.7 Å². The van der Waals surface area contributed by atoms with E-state index in [0.717, 1.165) is 11.3 Å². The van der Waals surface area contributed by atoms with Crippen LogP contribution in [-0.2, 0) is 0 Å². The summed E-state index contributed by atoms with van der Waals surface area (Å²) in [4.78, 5) is 0. The summed E-state index contributed by atoms with van der Waals surface area (Å²) in [5.41, 5.74) is 12.5. The highest BCUT2D eigenvalue weighted by Gasteiger charge is 1.95. The van der Waals surface area contributed by atoms with Gasteiger partial charge < -0.3 is 16.2 Å². The minimum absolute atomic E-state index is 0.576. The lowest BCUT2D eigenvalue weighted by atomic mass is 10.2. The summed E-state index contributed by atoms with van der Waals surface area (Å²) in [5, 5.41) is 0. The third-order valence-electron chi connectivity index (χ3n) is 1.67. The largest absolute Gasteiger partial charge is 0.497 e. The summed E-state index contributed by atoms with van der Waals surface area (Å²) >= 11 is 0. The molecule has 4 N–H and O–H groups in total. The monoisotopic (exact) mass is 190 g/mol. The van der Waals surface area contributed by atoms with Crippen molar-refractivity contribution >= 4 is 5.69 Å². The van der Waals surface area contributed by atoms with Crippen molar-refractivity contribution < 1.29 is 4.74 Å². The molecule has 14 heavy (non-hydrogen) atoms. The Balaban J connectivity index is 2.88. The van der Waals surface area contributed by atoms with Crippen molar-refractivity contribution in [1.82, 2.24) is 0 Å². The summed E-state index contributed by atoms with van der Waals surface area (Å²) in [7, 11) is 1.60. The van der Waals surface area contributed by atoms with Gasteiger partial charge in [-0.2, -0.15) is 0 Å². The minimum Gasteiger partial charge on any atom is -0.497 e. The summed E-state index contributed by atoms with van der Waals surface area (Å²) in [6.45, 7) is 0.576. The predicted octanol–water partition coefficient (Wildman–Crippen LogP) is 0.978. The highest BCUT2D eigenvalue weighted by molar-refractivity contribution is 5.52. The number of benzene rings is 1. The van der Waals surface area contributed by atoms with Crippen molar-refractivity contribution in [2.75, 3.05) is 19.4 Å². The zero-order chi connectivity index (χ0) is 10.4. The van der Waals surface area contributed by atoms with Crippen LogP contribution < -0.4 is 16.2 Å². The van der Waals surface area contributed by atoms with Crippen LogP contribution in [0.3, 0.4) is 0 Å². The molecule has 0 aromatic heterocycles. The SMILES string of the molecule is COc1cc(N)cc(C#CCCN)c1. The van der Waals surface area contributed by atoms with Gasteiger partial charge in [-0.3, -0.25) is 0 Å². The van der Waals surface area contributed by atoms with Crippen molar-refractivity contribution in [2.45, 2.75) is 6.42 Å². The zero-order valence-corrected chi connectivity index (χ0v) is 8.21. The highest BCUT2D eigenvalue weighted by atomic mass is 16.5. The average molecular weight is 190 g/mol. The molecular weight excluding hydrogens is 176 g/mol. The fraction of sp³-hybridized carbons (Fsp3) is 0.273. The van der Waals surface area contributed by atoms with Gasteiger partial charge in [-0.05, 0) is 12.1 Å². The standard InChI is InChI=1S/C11H14N2O/c1-14-11-7-9(4-2-3-5-12)6-10(13)8-11/h6-8H,3,5,12-13H2,1H3. The number of ether oxygens (including phenoxy) is 1. The van der Waals surface area contributed by atoms with Gasteiger partial charge in [-0.15, -0.1) is 0 Å². The maximum absolute atomic E-state index is 5.67. The fourth-order valence-corrected chi connectivity index (χ4v) is 1.05. The molecule has 0 aliphatic carbocycles. The minimum atomic E-state index is 0.576. The van der Waals surface area contributed by atoms with Crippen LogP contribution in [0, 0.1) is 11.8 Å². The number of anilines is 1. The zero-order valence-electron chi connectivity index (χ0n) is 8.21. The van der Waals surface area contributed by atoms with Crippen LogP contribution in [0.15, 0.2) is 18.2 Å². The molecule has 3 nitrogen and oxygen atoms in total. The molecule has 0 amide bonds. The van der Waals surface area contributed by atoms with Crippen LogP contribution in [0.25, 0.3) is 0 Å². The Kier molecular flexibility index (Phi) is 3.84. The van der Waals surface area contributed by atoms with Gasteiger partial charge in [0.1, 0.15) is 5.75 Å². The van der Waals surface area contributed by atoms with E-state index in [9.17, 15) is 0 Å². The van der Waals surface area contributed by atoms with E-state index in [1.54, 1.807) is 13.2 Å². The van der Waals surface area contributed by atoms with Gasteiger partial charge >= 0.3 is 0 Å². The third-order valence-corrected chi connectivity index (χ3v) is 1.67. The van der Waals surface area contributed by atoms with Crippen LogP contribution in [0.4, 0.5) is 5.69 Å². The molecule has 74 valence electrons. The number of nitrogens with two attached hydrogens (primary N) is 2. The van der Waals surface area contributed by atoms with Crippen LogP contribution in [0.2, 0.25) is 0 Å². The molecule has 0 unspecified atom stereocenters. The Morgan fingerprint density at radius 2 is 2.14 bits per heavy atom. The number of rotatable bonds is 2. The van der Waals surface area contributed by atoms with Gasteiger partial charge in [0.2, 0.25) is 0 Å². The predicted molar refractivity (Wildman–Crippen MR) is 58.0 cm³/mol. The molecule has 0 saturated heterocycles. The van der Waals surface area contributed by atoms with Gasteiger partial charge in [0.25, 0.3) is 0 Å². The molecule has 0 bridgehead atoms. The lowest BCUT2D eigenvalue weighted by Crippen LogP contribution is -1.95. The Morgan fingerprint density at radius 1 is 1.36 bits per heavy atom. The van der Waals surface area contributed by atoms with Gasteiger partial charge in [0.05, 0.1) is 7.11 Å². The molecule has 0 fully saturated rings. The van der Waals surface area contributed by atoms with Crippen molar-refractivity contribution in [3.05, 3.63) is 23.8 Å². The molecular formula is C11H14N2O. The summed E-state index contributed by atoms with van der Waals surface area (Å²) in [6, 6.07) is 5.42. The molecule has 0 spiro atoms. The Bertz CT molecular complexity index is 363. The lowest BCUT2D eigenvalue weighted by molar-refractivity contribution is 0.415. The number of nitrogen functional groups attached to an aromatic ring is 1. The van der Waals surface area contributed by atoms with E-state index in [1.807, 2.05) is 12.1 Å². The van der Waals surface area contributed by atoms with Crippen molar-refractivity contribution in [3.63, 3.8) is 0 Å². The molecule has 1 aromatic carbocycles. The van der Waals surface area contributed by atoms with E-state index in [1.165, 1.54) is 0 Å². The number of methoxy groups -OCH3 is 1. The highest BCUT2D eigenvalue weighted by Crippen LogP contribution is 2.17. The third kappa shape index (κ3) is 3.00. The molecule has 0 aliphatic rings. The Labute approximate surface area is 84.0 Å². The molecule has 0 radical (unpaired) electrons. The van der Waals surface area contributed by atoms with Crippen LogP contribution in [0.1, 0.15) is 12.0 Å². The molecule has 1 rings (SSSR count). The summed E-state index contributed by atoms with van der Waals surface area (Å²) in [5.74, 6) is 6.64. The first-order chi connectivity index (χ1) is 6.76. The molecule has 0 heterocycles. The average Bonchev–Trinajstić information content (AvgIpc) is 2.17. The van der Waals surface area contributed by atoms with Crippen LogP contribution >= 0.6 is 0 Å². The second kappa shape index (κ2) is 5.15. The Hall–Kier alpha value is -1.66. The first kappa shape index (κ1) is 10.4. The van der Waals surface area contributed by atoms with Gasteiger partial charge in [0, 0.05) is 30.3 Å². The van der Waals surface area contributed by atoms with Gasteiger partial charge in [0.15, 0.2) is 0 Å². The van der Waals surface area contributed by atoms with Gasteiger partial charge in [-0.25, -0.2) is 0 Å². The van der Waals surface area contributed by atoms with Crippen molar-refractivity contribution in [1.29, 1.82) is 0 Å². The topological polar surface area (TPSA) is 61.3 Å². The molecule has 3 heteroatoms. The first-order valence-corrected chi connectivity index (χ1v) is 4.39. The Morgan fingerprint density at radius 3 is 2.79 bits per heavy atom. The van der Waals surface area contributed by atoms with Crippen molar-refractivity contribution in [2.24, 2.45) is 5.73 Å². The number of hydrogen-bond acceptors (Lipinski definition) is 3. The fourth-order valence-electron chi connectivity index (χ4n) is 1.05. The van der Waals surface area contributed by atoms with Crippen LogP contribution in [-0.4, -0.2) is 13.7 Å². The maximum Gasteiger partial charge on any atom is 0.122 e. The second-order valence-electron chi connectivity index (χ2n) is 2.84. The second-order valence-corrected chi connectivity index (χ2v) is 2.84. The van der Waals surface area contributed by atoms with Crippen molar-refractivity contribution in [3.8, 4) is 17.6 Å². The summed E-state index contributed by atoms with van der Waals surface area (Å²) in [6.07, 6.45) is 0.692. The normalized spacial score (nSPS) is 9.00. The molecule has 0 aliphatic heterocycles. The first-order valence-electron chi connectivity index (χ1n) is 4.39. The van der Waals surface area contributed by atoms with E-state index in [-0.39, 0.29) is 0 Å². The molecule has 0 saturated carbocycles. The molecule has 1 aromatic rings. The maximum atomic E-state index is 5.67. The number of hydrogen-bond donors (Lipinski definition) is 2. The van der Waals surface area contributed by atoms with E-state index in [4.69, 9.17) is 16.2 Å². The van der Waals surface area contributed by atoms with E-state index >= 15 is 0 Å². The molecule has 0 atom stereocenters. The quantitative estimate of drug-likeness (QED) is 0.539. The van der Waals surface area contributed by atoms with Gasteiger partial charge in [-0.1, -0.05) is 11.8 Å². The summed E-state index contributed by atoms with van der Waals surface area (Å²) < 4.78 is 5.07. The van der Waals surface area contributed by atoms with E-state index in [2.05, 4.69) is 11.8 Å². The van der Waals surface area contributed by atoms with Crippen LogP contribution in [0.5, 0.6) is 5.75 Å².